The van der Waals surface area contributed by atoms with E-state index < -0.39 is 0 Å². The number of nitrogens with two attached hydrogens (primary N) is 1. The van der Waals surface area contributed by atoms with Crippen LogP contribution in [0.1, 0.15) is 201 Å². The third-order valence-corrected chi connectivity index (χ3v) is 8.78. The zero-order valence-corrected chi connectivity index (χ0v) is 29.8. The molecule has 3 heteroatoms. The van der Waals surface area contributed by atoms with Crippen molar-refractivity contribution in [3.8, 4) is 0 Å². The van der Waals surface area contributed by atoms with E-state index in [1.54, 1.807) is 0 Å². The summed E-state index contributed by atoms with van der Waals surface area (Å²) >= 11 is 0. The summed E-state index contributed by atoms with van der Waals surface area (Å²) < 4.78 is 12.2. The van der Waals surface area contributed by atoms with Gasteiger partial charge in [-0.25, -0.2) is 0 Å². The normalized spacial score (nSPS) is 13.5. The number of unbranched alkanes of at least 4 members (excludes halogenated alkanes) is 24. The molecule has 256 valence electrons. The summed E-state index contributed by atoms with van der Waals surface area (Å²) in [5.41, 5.74) is 6.00. The van der Waals surface area contributed by atoms with Crippen LogP contribution in [0, 0.1) is 0 Å². The van der Waals surface area contributed by atoms with E-state index in [0.29, 0.717) is 6.54 Å². The molecule has 0 aliphatic carbocycles. The van der Waals surface area contributed by atoms with Gasteiger partial charge >= 0.3 is 0 Å². The van der Waals surface area contributed by atoms with Crippen molar-refractivity contribution in [1.29, 1.82) is 0 Å². The first-order valence-electron chi connectivity index (χ1n) is 19.5. The first kappa shape index (κ1) is 42.4. The summed E-state index contributed by atoms with van der Waals surface area (Å²) in [4.78, 5) is 0. The molecule has 3 nitrogen and oxygen atoms in total. The molecule has 0 heterocycles. The molecule has 0 saturated carbocycles. The maximum absolute atomic E-state index is 6.09. The van der Waals surface area contributed by atoms with E-state index in [2.05, 4.69) is 45.1 Å². The smallest absolute Gasteiger partial charge is 0.0955 e. The highest BCUT2D eigenvalue weighted by Crippen LogP contribution is 2.13. The van der Waals surface area contributed by atoms with Gasteiger partial charge in [-0.05, 0) is 71.1 Å². The van der Waals surface area contributed by atoms with Gasteiger partial charge in [0.2, 0.25) is 0 Å². The predicted octanol–water partition coefficient (Wildman–Crippen LogP) is 12.8. The van der Waals surface area contributed by atoms with Crippen molar-refractivity contribution in [1.82, 2.24) is 0 Å². The van der Waals surface area contributed by atoms with E-state index in [1.165, 1.54) is 167 Å². The Morgan fingerprint density at radius 2 is 0.721 bits per heavy atom. The van der Waals surface area contributed by atoms with Gasteiger partial charge in [-0.1, -0.05) is 154 Å². The highest BCUT2D eigenvalue weighted by Gasteiger charge is 2.16. The first-order chi connectivity index (χ1) is 21.3. The van der Waals surface area contributed by atoms with Crippen LogP contribution >= 0.6 is 0 Å². The molecular weight excluding hydrogens is 526 g/mol. The third kappa shape index (κ3) is 34.1. The molecule has 2 atom stereocenters. The maximum Gasteiger partial charge on any atom is 0.0955 e. The van der Waals surface area contributed by atoms with Crippen LogP contribution in [0.15, 0.2) is 24.3 Å². The van der Waals surface area contributed by atoms with E-state index in [-0.39, 0.29) is 12.2 Å². The van der Waals surface area contributed by atoms with Gasteiger partial charge in [-0.15, -0.1) is 0 Å². The predicted molar refractivity (Wildman–Crippen MR) is 193 cm³/mol. The third-order valence-electron chi connectivity index (χ3n) is 8.78. The highest BCUT2D eigenvalue weighted by atomic mass is 16.5. The maximum atomic E-state index is 6.09. The lowest BCUT2D eigenvalue weighted by Crippen LogP contribution is -2.36. The molecule has 0 aliphatic heterocycles. The average molecular weight is 606 g/mol. The van der Waals surface area contributed by atoms with Crippen molar-refractivity contribution in [2.75, 3.05) is 19.8 Å². The van der Waals surface area contributed by atoms with E-state index in [1.807, 2.05) is 0 Å². The van der Waals surface area contributed by atoms with Crippen LogP contribution in [0.5, 0.6) is 0 Å². The van der Waals surface area contributed by atoms with Gasteiger partial charge in [-0.2, -0.15) is 0 Å². The number of allylic oxidation sites excluding steroid dienone is 4. The minimum atomic E-state index is 0.0252. The molecule has 0 fully saturated rings. The van der Waals surface area contributed by atoms with Crippen LogP contribution in [-0.2, 0) is 9.47 Å². The molecule has 0 aromatic rings. The molecule has 0 spiro atoms. The molecule has 2 N–H and O–H groups in total. The second-order valence-electron chi connectivity index (χ2n) is 13.1. The molecule has 0 aliphatic rings. The Balaban J connectivity index is 3.45. The Hall–Kier alpha value is -0.640. The minimum Gasteiger partial charge on any atom is -0.376 e. The van der Waals surface area contributed by atoms with Crippen molar-refractivity contribution in [3.05, 3.63) is 24.3 Å². The molecule has 0 aromatic heterocycles. The largest absolute Gasteiger partial charge is 0.376 e. The molecule has 0 radical (unpaired) electrons. The minimum absolute atomic E-state index is 0.0252. The van der Waals surface area contributed by atoms with Crippen LogP contribution in [0.2, 0.25) is 0 Å². The van der Waals surface area contributed by atoms with E-state index in [4.69, 9.17) is 15.2 Å². The molecule has 43 heavy (non-hydrogen) atoms. The lowest BCUT2D eigenvalue weighted by molar-refractivity contribution is -0.0619. The number of ether oxygens (including phenoxy) is 2. The van der Waals surface area contributed by atoms with E-state index in [9.17, 15) is 0 Å². The van der Waals surface area contributed by atoms with Crippen molar-refractivity contribution in [2.24, 2.45) is 5.73 Å². The Kier molecular flexibility index (Phi) is 37.0. The second kappa shape index (κ2) is 37.5. The van der Waals surface area contributed by atoms with Gasteiger partial charge in [-0.3, -0.25) is 0 Å². The van der Waals surface area contributed by atoms with E-state index in [0.717, 1.165) is 26.1 Å². The van der Waals surface area contributed by atoms with Crippen LogP contribution in [0.3, 0.4) is 0 Å². The van der Waals surface area contributed by atoms with Crippen molar-refractivity contribution in [2.45, 2.75) is 213 Å². The summed E-state index contributed by atoms with van der Waals surface area (Å²) in [6.07, 6.45) is 47.1. The lowest BCUT2D eigenvalue weighted by atomic mass is 10.1. The monoisotopic (exact) mass is 606 g/mol. The van der Waals surface area contributed by atoms with Gasteiger partial charge in [0.25, 0.3) is 0 Å². The molecule has 0 saturated heterocycles. The summed E-state index contributed by atoms with van der Waals surface area (Å²) in [6, 6.07) is 0. The number of rotatable bonds is 36. The summed E-state index contributed by atoms with van der Waals surface area (Å²) in [5.74, 6) is 0. The Bertz CT molecular complexity index is 561. The van der Waals surface area contributed by atoms with Gasteiger partial charge in [0, 0.05) is 19.8 Å². The molecule has 0 amide bonds. The Labute approximate surface area is 271 Å². The fourth-order valence-corrected chi connectivity index (χ4v) is 5.71. The number of hydrogen-bond acceptors (Lipinski definition) is 3. The van der Waals surface area contributed by atoms with Gasteiger partial charge in [0.15, 0.2) is 0 Å². The highest BCUT2D eigenvalue weighted by molar-refractivity contribution is 4.82. The fourth-order valence-electron chi connectivity index (χ4n) is 5.71. The Morgan fingerprint density at radius 3 is 1.07 bits per heavy atom. The lowest BCUT2D eigenvalue weighted by Gasteiger charge is -2.23. The first-order valence-corrected chi connectivity index (χ1v) is 19.5. The second-order valence-corrected chi connectivity index (χ2v) is 13.1. The SMILES string of the molecule is CCCCCCCC/C=C\CCCCCCCCOC(C)[C@@H](CN)OCCCCCCCC/C=C\CCCCCCCC. The van der Waals surface area contributed by atoms with Crippen molar-refractivity contribution >= 4 is 0 Å². The molecule has 0 rings (SSSR count). The van der Waals surface area contributed by atoms with Crippen molar-refractivity contribution in [3.63, 3.8) is 0 Å². The van der Waals surface area contributed by atoms with Gasteiger partial charge < -0.3 is 15.2 Å². The molecule has 0 aromatic carbocycles. The standard InChI is InChI=1S/C40H79NO2/c1-4-6-8-10-12-14-16-18-20-22-24-26-28-30-32-34-36-42-39(3)40(38-41)43-37-35-33-31-29-27-25-23-21-19-17-15-13-11-9-7-5-2/h18-21,39-40H,4-17,22-38,41H2,1-3H3/b20-18-,21-19-/t39?,40-/m1/s1. The molecular formula is C40H79NO2. The van der Waals surface area contributed by atoms with Crippen LogP contribution in [0.4, 0.5) is 0 Å². The zero-order valence-electron chi connectivity index (χ0n) is 29.8. The quantitative estimate of drug-likeness (QED) is 0.0570. The molecule has 1 unspecified atom stereocenters. The van der Waals surface area contributed by atoms with Gasteiger partial charge in [0.05, 0.1) is 12.2 Å². The van der Waals surface area contributed by atoms with Crippen LogP contribution in [-0.4, -0.2) is 32.0 Å². The summed E-state index contributed by atoms with van der Waals surface area (Å²) in [7, 11) is 0. The summed E-state index contributed by atoms with van der Waals surface area (Å²) in [5, 5.41) is 0. The number of hydrogen-bond donors (Lipinski definition) is 1. The molecule has 0 bridgehead atoms. The topological polar surface area (TPSA) is 44.5 Å². The van der Waals surface area contributed by atoms with Crippen LogP contribution < -0.4 is 5.73 Å². The average Bonchev–Trinajstić information content (AvgIpc) is 3.02. The Morgan fingerprint density at radius 1 is 0.419 bits per heavy atom. The van der Waals surface area contributed by atoms with E-state index >= 15 is 0 Å². The van der Waals surface area contributed by atoms with Gasteiger partial charge in [0.1, 0.15) is 0 Å². The summed E-state index contributed by atoms with van der Waals surface area (Å²) in [6.45, 7) is 8.88. The van der Waals surface area contributed by atoms with Crippen LogP contribution in [0.25, 0.3) is 0 Å². The zero-order chi connectivity index (χ0) is 31.3. The van der Waals surface area contributed by atoms with Crippen molar-refractivity contribution < 1.29 is 9.47 Å². The fraction of sp³-hybridized carbons (Fsp3) is 0.900.